The number of hydrazone groups is 1. The van der Waals surface area contributed by atoms with Crippen LogP contribution in [0.1, 0.15) is 29.8 Å². The largest absolute Gasteiger partial charge is 0.365 e. The molecule has 3 aromatic rings. The molecular weight excluding hydrogens is 418 g/mol. The Labute approximate surface area is 185 Å². The fourth-order valence-electron chi connectivity index (χ4n) is 3.56. The summed E-state index contributed by atoms with van der Waals surface area (Å²) in [7, 11) is 0. The lowest BCUT2D eigenvalue weighted by Gasteiger charge is -2.36. The number of aromatic nitrogens is 1. The molecule has 1 saturated heterocycles. The highest BCUT2D eigenvalue weighted by Gasteiger charge is 2.25. The minimum Gasteiger partial charge on any atom is -0.365 e. The first-order chi connectivity index (χ1) is 14.4. The lowest BCUT2D eigenvalue weighted by molar-refractivity contribution is 0.0747. The van der Waals surface area contributed by atoms with Crippen LogP contribution in [0.2, 0.25) is 5.02 Å². The van der Waals surface area contributed by atoms with Crippen molar-refractivity contribution in [2.75, 3.05) is 36.5 Å². The SMILES string of the molecule is CC(C)=NNc1nc2c(N3CCN(C(=O)c4cccc(C)c4)CC3)c(Cl)ccc2s1. The summed E-state index contributed by atoms with van der Waals surface area (Å²) < 4.78 is 1.05. The van der Waals surface area contributed by atoms with Crippen LogP contribution in [0.4, 0.5) is 10.8 Å². The quantitative estimate of drug-likeness (QED) is 0.455. The second kappa shape index (κ2) is 8.62. The van der Waals surface area contributed by atoms with E-state index in [1.54, 1.807) is 11.3 Å². The van der Waals surface area contributed by atoms with Crippen LogP contribution in [-0.4, -0.2) is 47.7 Å². The second-order valence-electron chi connectivity index (χ2n) is 7.58. The third kappa shape index (κ3) is 4.27. The fraction of sp³-hybridized carbons (Fsp3) is 0.318. The van der Waals surface area contributed by atoms with Crippen LogP contribution < -0.4 is 10.3 Å². The van der Waals surface area contributed by atoms with Gasteiger partial charge in [0.15, 0.2) is 0 Å². The number of carbonyl (C=O) groups excluding carboxylic acids is 1. The number of piperazine rings is 1. The van der Waals surface area contributed by atoms with Gasteiger partial charge in [-0.25, -0.2) is 4.98 Å². The summed E-state index contributed by atoms with van der Waals surface area (Å²) in [6.45, 7) is 8.58. The molecule has 1 aromatic heterocycles. The van der Waals surface area contributed by atoms with Gasteiger partial charge >= 0.3 is 0 Å². The van der Waals surface area contributed by atoms with Crippen LogP contribution in [-0.2, 0) is 0 Å². The molecule has 0 bridgehead atoms. The Kier molecular flexibility index (Phi) is 5.92. The summed E-state index contributed by atoms with van der Waals surface area (Å²) in [5.74, 6) is 0.0793. The molecule has 6 nitrogen and oxygen atoms in total. The van der Waals surface area contributed by atoms with E-state index in [1.165, 1.54) is 0 Å². The van der Waals surface area contributed by atoms with Gasteiger partial charge in [0.25, 0.3) is 5.91 Å². The van der Waals surface area contributed by atoms with E-state index in [0.29, 0.717) is 31.2 Å². The molecule has 1 aliphatic heterocycles. The van der Waals surface area contributed by atoms with Crippen molar-refractivity contribution >= 4 is 55.6 Å². The molecule has 8 heteroatoms. The van der Waals surface area contributed by atoms with Gasteiger partial charge in [0.05, 0.1) is 15.4 Å². The van der Waals surface area contributed by atoms with E-state index in [-0.39, 0.29) is 5.91 Å². The minimum atomic E-state index is 0.0793. The number of rotatable bonds is 4. The third-order valence-corrected chi connectivity index (χ3v) is 6.24. The van der Waals surface area contributed by atoms with E-state index in [4.69, 9.17) is 16.6 Å². The molecule has 0 atom stereocenters. The number of nitrogens with zero attached hydrogens (tertiary/aromatic N) is 4. The van der Waals surface area contributed by atoms with Gasteiger partial charge in [0.1, 0.15) is 5.52 Å². The number of amides is 1. The number of aryl methyl sites for hydroxylation is 1. The van der Waals surface area contributed by atoms with E-state index in [1.807, 2.05) is 62.1 Å². The molecule has 0 unspecified atom stereocenters. The Bertz CT molecular complexity index is 1110. The zero-order valence-electron chi connectivity index (χ0n) is 17.3. The maximum Gasteiger partial charge on any atom is 0.253 e. The standard InChI is InChI=1S/C22H24ClN5OS/c1-14(2)25-26-22-24-19-18(30-22)8-7-17(23)20(19)27-9-11-28(12-10-27)21(29)16-6-4-5-15(3)13-16/h4-8,13H,9-12H2,1-3H3,(H,24,26). The smallest absolute Gasteiger partial charge is 0.253 e. The summed E-state index contributed by atoms with van der Waals surface area (Å²) in [5.41, 5.74) is 7.58. The average molecular weight is 442 g/mol. The summed E-state index contributed by atoms with van der Waals surface area (Å²) in [4.78, 5) is 21.7. The predicted molar refractivity (Wildman–Crippen MR) is 126 cm³/mol. The number of hydrogen-bond acceptors (Lipinski definition) is 6. The summed E-state index contributed by atoms with van der Waals surface area (Å²) in [6.07, 6.45) is 0. The van der Waals surface area contributed by atoms with Crippen molar-refractivity contribution in [2.24, 2.45) is 5.10 Å². The molecule has 1 fully saturated rings. The van der Waals surface area contributed by atoms with Crippen LogP contribution in [0.15, 0.2) is 41.5 Å². The van der Waals surface area contributed by atoms with Crippen molar-refractivity contribution in [1.82, 2.24) is 9.88 Å². The van der Waals surface area contributed by atoms with Gasteiger partial charge in [0, 0.05) is 37.5 Å². The Balaban J connectivity index is 1.53. The van der Waals surface area contributed by atoms with E-state index >= 15 is 0 Å². The zero-order chi connectivity index (χ0) is 21.3. The third-order valence-electron chi connectivity index (χ3n) is 5.01. The van der Waals surface area contributed by atoms with Gasteiger partial charge in [-0.1, -0.05) is 40.6 Å². The number of benzene rings is 2. The normalized spacial score (nSPS) is 14.1. The molecule has 2 heterocycles. The fourth-order valence-corrected chi connectivity index (χ4v) is 4.64. The Morgan fingerprint density at radius 2 is 1.93 bits per heavy atom. The Morgan fingerprint density at radius 1 is 1.17 bits per heavy atom. The average Bonchev–Trinajstić information content (AvgIpc) is 3.15. The maximum atomic E-state index is 12.9. The molecule has 0 saturated carbocycles. The highest BCUT2D eigenvalue weighted by Crippen LogP contribution is 2.38. The van der Waals surface area contributed by atoms with E-state index < -0.39 is 0 Å². The second-order valence-corrected chi connectivity index (χ2v) is 9.02. The number of halogens is 1. The first-order valence-corrected chi connectivity index (χ1v) is 11.1. The molecular formula is C22H24ClN5OS. The molecule has 2 aromatic carbocycles. The first kappa shape index (κ1) is 20.6. The van der Waals surface area contributed by atoms with Crippen molar-refractivity contribution in [1.29, 1.82) is 0 Å². The molecule has 30 heavy (non-hydrogen) atoms. The van der Waals surface area contributed by atoms with E-state index in [9.17, 15) is 4.79 Å². The van der Waals surface area contributed by atoms with Crippen molar-refractivity contribution in [3.63, 3.8) is 0 Å². The van der Waals surface area contributed by atoms with E-state index in [2.05, 4.69) is 15.4 Å². The van der Waals surface area contributed by atoms with Crippen LogP contribution >= 0.6 is 22.9 Å². The molecule has 1 N–H and O–H groups in total. The van der Waals surface area contributed by atoms with Gasteiger partial charge in [-0.15, -0.1) is 0 Å². The monoisotopic (exact) mass is 441 g/mol. The van der Waals surface area contributed by atoms with Crippen molar-refractivity contribution < 1.29 is 4.79 Å². The van der Waals surface area contributed by atoms with Crippen molar-refractivity contribution in [3.05, 3.63) is 52.5 Å². The number of thiazole rings is 1. The Morgan fingerprint density at radius 3 is 2.63 bits per heavy atom. The van der Waals surface area contributed by atoms with Gasteiger partial charge in [-0.3, -0.25) is 10.2 Å². The number of nitrogens with one attached hydrogen (secondary N) is 1. The van der Waals surface area contributed by atoms with Gasteiger partial charge in [-0.2, -0.15) is 5.10 Å². The minimum absolute atomic E-state index is 0.0793. The molecule has 0 aliphatic carbocycles. The highest BCUT2D eigenvalue weighted by atomic mass is 35.5. The maximum absolute atomic E-state index is 12.9. The summed E-state index contributed by atoms with van der Waals surface area (Å²) in [6, 6.07) is 11.7. The Hall–Kier alpha value is -2.64. The van der Waals surface area contributed by atoms with Gasteiger partial charge < -0.3 is 9.80 Å². The number of anilines is 2. The van der Waals surface area contributed by atoms with Gasteiger partial charge in [-0.05, 0) is 45.0 Å². The zero-order valence-corrected chi connectivity index (χ0v) is 18.8. The first-order valence-electron chi connectivity index (χ1n) is 9.89. The highest BCUT2D eigenvalue weighted by molar-refractivity contribution is 7.22. The topological polar surface area (TPSA) is 60.8 Å². The molecule has 4 rings (SSSR count). The molecule has 0 radical (unpaired) electrons. The summed E-state index contributed by atoms with van der Waals surface area (Å²) >= 11 is 8.13. The molecule has 156 valence electrons. The van der Waals surface area contributed by atoms with Crippen LogP contribution in [0.5, 0.6) is 0 Å². The molecule has 1 amide bonds. The van der Waals surface area contributed by atoms with Crippen molar-refractivity contribution in [3.8, 4) is 0 Å². The van der Waals surface area contributed by atoms with Crippen LogP contribution in [0, 0.1) is 6.92 Å². The van der Waals surface area contributed by atoms with E-state index in [0.717, 1.165) is 37.9 Å². The number of fused-ring (bicyclic) bond motifs is 1. The lowest BCUT2D eigenvalue weighted by Crippen LogP contribution is -2.49. The predicted octanol–water partition coefficient (Wildman–Crippen LogP) is 5.03. The van der Waals surface area contributed by atoms with Gasteiger partial charge in [0.2, 0.25) is 5.13 Å². The molecule has 0 spiro atoms. The molecule has 1 aliphatic rings. The van der Waals surface area contributed by atoms with Crippen LogP contribution in [0.3, 0.4) is 0 Å². The number of carbonyl (C=O) groups is 1. The lowest BCUT2D eigenvalue weighted by atomic mass is 10.1. The van der Waals surface area contributed by atoms with Crippen LogP contribution in [0.25, 0.3) is 10.2 Å². The summed E-state index contributed by atoms with van der Waals surface area (Å²) in [5, 5.41) is 5.66. The van der Waals surface area contributed by atoms with Crippen molar-refractivity contribution in [2.45, 2.75) is 20.8 Å². The number of hydrogen-bond donors (Lipinski definition) is 1.